The van der Waals surface area contributed by atoms with Gasteiger partial charge in [-0.1, -0.05) is 35.3 Å². The first-order chi connectivity index (χ1) is 11.8. The first-order valence-electron chi connectivity index (χ1n) is 7.53. The summed E-state index contributed by atoms with van der Waals surface area (Å²) < 4.78 is 10.4. The molecule has 7 heteroatoms. The van der Waals surface area contributed by atoms with Crippen molar-refractivity contribution in [3.05, 3.63) is 52.0 Å². The van der Waals surface area contributed by atoms with Gasteiger partial charge in [-0.15, -0.1) is 0 Å². The molecule has 5 nitrogen and oxygen atoms in total. The van der Waals surface area contributed by atoms with Gasteiger partial charge in [0.2, 0.25) is 0 Å². The molecule has 0 aliphatic heterocycles. The van der Waals surface area contributed by atoms with Gasteiger partial charge < -0.3 is 20.1 Å². The summed E-state index contributed by atoms with van der Waals surface area (Å²) >= 11 is 12.0. The van der Waals surface area contributed by atoms with Crippen LogP contribution in [-0.4, -0.2) is 20.3 Å². The highest BCUT2D eigenvalue weighted by molar-refractivity contribution is 6.32. The molecular formula is C18H20Cl2N2O3. The number of methoxy groups -OCH3 is 2. The summed E-state index contributed by atoms with van der Waals surface area (Å²) in [6.07, 6.45) is 0. The summed E-state index contributed by atoms with van der Waals surface area (Å²) in [5.41, 5.74) is 0.777. The minimum Gasteiger partial charge on any atom is -0.495 e. The zero-order chi connectivity index (χ0) is 18.6. The maximum absolute atomic E-state index is 12.4. The van der Waals surface area contributed by atoms with Crippen LogP contribution in [0.3, 0.4) is 0 Å². The molecule has 0 heterocycles. The minimum atomic E-state index is -0.599. The highest BCUT2D eigenvalue weighted by Gasteiger charge is 2.23. The summed E-state index contributed by atoms with van der Waals surface area (Å²) in [5, 5.41) is 6.72. The number of urea groups is 1. The Kier molecular flexibility index (Phi) is 6.03. The summed E-state index contributed by atoms with van der Waals surface area (Å²) in [6.45, 7) is 3.80. The summed E-state index contributed by atoms with van der Waals surface area (Å²) in [6, 6.07) is 10.1. The number of halogens is 2. The van der Waals surface area contributed by atoms with E-state index >= 15 is 0 Å². The van der Waals surface area contributed by atoms with Gasteiger partial charge in [-0.25, -0.2) is 4.79 Å². The lowest BCUT2D eigenvalue weighted by molar-refractivity contribution is 0.241. The molecule has 0 atom stereocenters. The summed E-state index contributed by atoms with van der Waals surface area (Å²) in [4.78, 5) is 12.4. The first kappa shape index (κ1) is 19.2. The zero-order valence-corrected chi connectivity index (χ0v) is 16.0. The molecule has 0 unspecified atom stereocenters. The third-order valence-corrected chi connectivity index (χ3v) is 4.26. The Balaban J connectivity index is 2.18. The number of hydrogen-bond acceptors (Lipinski definition) is 3. The monoisotopic (exact) mass is 382 g/mol. The molecule has 0 aromatic heterocycles. The van der Waals surface area contributed by atoms with Crippen molar-refractivity contribution < 1.29 is 14.3 Å². The van der Waals surface area contributed by atoms with Crippen molar-refractivity contribution in [3.8, 4) is 11.5 Å². The molecule has 0 bridgehead atoms. The molecule has 2 aromatic carbocycles. The highest BCUT2D eigenvalue weighted by atomic mass is 35.5. The average Bonchev–Trinajstić information content (AvgIpc) is 2.55. The van der Waals surface area contributed by atoms with Crippen LogP contribution in [0, 0.1) is 0 Å². The van der Waals surface area contributed by atoms with E-state index in [-0.39, 0.29) is 6.03 Å². The standard InChI is InChI=1S/C18H20Cl2N2O3/c1-18(2,11-5-7-12(19)8-6-11)22-17(23)21-14-10-15(24-3)13(20)9-16(14)25-4/h5-10H,1-4H3,(H2,21,22,23). The van der Waals surface area contributed by atoms with Crippen LogP contribution in [0.2, 0.25) is 10.0 Å². The fourth-order valence-corrected chi connectivity index (χ4v) is 2.69. The van der Waals surface area contributed by atoms with Crippen molar-refractivity contribution in [2.75, 3.05) is 19.5 Å². The number of ether oxygens (including phenoxy) is 2. The van der Waals surface area contributed by atoms with E-state index in [0.29, 0.717) is 27.2 Å². The van der Waals surface area contributed by atoms with Gasteiger partial charge in [0, 0.05) is 17.2 Å². The van der Waals surface area contributed by atoms with E-state index in [2.05, 4.69) is 10.6 Å². The number of anilines is 1. The Hall–Kier alpha value is -2.11. The van der Waals surface area contributed by atoms with Crippen molar-refractivity contribution in [2.24, 2.45) is 0 Å². The molecule has 134 valence electrons. The summed E-state index contributed by atoms with van der Waals surface area (Å²) in [5.74, 6) is 0.875. The molecule has 0 radical (unpaired) electrons. The highest BCUT2D eigenvalue weighted by Crippen LogP contribution is 2.36. The van der Waals surface area contributed by atoms with Crippen molar-refractivity contribution in [3.63, 3.8) is 0 Å². The molecule has 2 amide bonds. The fourth-order valence-electron chi connectivity index (χ4n) is 2.33. The number of rotatable bonds is 5. The van der Waals surface area contributed by atoms with Gasteiger partial charge in [0.25, 0.3) is 0 Å². The zero-order valence-electron chi connectivity index (χ0n) is 14.4. The summed E-state index contributed by atoms with van der Waals surface area (Å²) in [7, 11) is 3.00. The quantitative estimate of drug-likeness (QED) is 0.758. The number of hydrogen-bond donors (Lipinski definition) is 2. The molecular weight excluding hydrogens is 363 g/mol. The van der Waals surface area contributed by atoms with Crippen LogP contribution in [0.25, 0.3) is 0 Å². The maximum atomic E-state index is 12.4. The Morgan fingerprint density at radius 1 is 1.00 bits per heavy atom. The molecule has 2 N–H and O–H groups in total. The lowest BCUT2D eigenvalue weighted by Crippen LogP contribution is -2.43. The third kappa shape index (κ3) is 4.71. The molecule has 0 saturated carbocycles. The Morgan fingerprint density at radius 3 is 2.16 bits per heavy atom. The van der Waals surface area contributed by atoms with Gasteiger partial charge >= 0.3 is 6.03 Å². The second-order valence-electron chi connectivity index (χ2n) is 5.90. The predicted molar refractivity (Wildman–Crippen MR) is 101 cm³/mol. The minimum absolute atomic E-state index is 0.386. The van der Waals surface area contributed by atoms with Crippen LogP contribution in [0.15, 0.2) is 36.4 Å². The molecule has 2 rings (SSSR count). The van der Waals surface area contributed by atoms with Gasteiger partial charge in [0.1, 0.15) is 11.5 Å². The van der Waals surface area contributed by atoms with Gasteiger partial charge in [-0.2, -0.15) is 0 Å². The Morgan fingerprint density at radius 2 is 1.60 bits per heavy atom. The van der Waals surface area contributed by atoms with Gasteiger partial charge in [0.05, 0.1) is 30.5 Å². The van der Waals surface area contributed by atoms with Crippen LogP contribution in [-0.2, 0) is 5.54 Å². The van der Waals surface area contributed by atoms with Gasteiger partial charge in [-0.3, -0.25) is 0 Å². The van der Waals surface area contributed by atoms with Crippen molar-refractivity contribution >= 4 is 34.9 Å². The van der Waals surface area contributed by atoms with Crippen LogP contribution in [0.4, 0.5) is 10.5 Å². The fraction of sp³-hybridized carbons (Fsp3) is 0.278. The first-order valence-corrected chi connectivity index (χ1v) is 8.29. The SMILES string of the molecule is COc1cc(NC(=O)NC(C)(C)c2ccc(Cl)cc2)c(OC)cc1Cl. The van der Waals surface area contributed by atoms with E-state index in [9.17, 15) is 4.79 Å². The largest absolute Gasteiger partial charge is 0.495 e. The van der Waals surface area contributed by atoms with Crippen LogP contribution in [0.1, 0.15) is 19.4 Å². The van der Waals surface area contributed by atoms with Crippen LogP contribution < -0.4 is 20.1 Å². The lowest BCUT2D eigenvalue weighted by Gasteiger charge is -2.27. The number of nitrogens with one attached hydrogen (secondary N) is 2. The number of benzene rings is 2. The van der Waals surface area contributed by atoms with E-state index in [0.717, 1.165) is 5.56 Å². The topological polar surface area (TPSA) is 59.6 Å². The molecule has 0 spiro atoms. The van der Waals surface area contributed by atoms with Crippen molar-refractivity contribution in [1.29, 1.82) is 0 Å². The number of carbonyl (C=O) groups excluding carboxylic acids is 1. The van der Waals surface area contributed by atoms with E-state index in [1.165, 1.54) is 14.2 Å². The number of carbonyl (C=O) groups is 1. The van der Waals surface area contributed by atoms with Crippen LogP contribution in [0.5, 0.6) is 11.5 Å². The average molecular weight is 383 g/mol. The predicted octanol–water partition coefficient (Wildman–Crippen LogP) is 5.07. The van der Waals surface area contributed by atoms with E-state index in [1.54, 1.807) is 24.3 Å². The maximum Gasteiger partial charge on any atom is 0.320 e. The van der Waals surface area contributed by atoms with Crippen molar-refractivity contribution in [2.45, 2.75) is 19.4 Å². The molecule has 0 aliphatic rings. The second-order valence-corrected chi connectivity index (χ2v) is 6.74. The molecule has 2 aromatic rings. The second kappa shape index (κ2) is 7.85. The molecule has 25 heavy (non-hydrogen) atoms. The normalized spacial score (nSPS) is 11.0. The molecule has 0 fully saturated rings. The van der Waals surface area contributed by atoms with Crippen LogP contribution >= 0.6 is 23.2 Å². The van der Waals surface area contributed by atoms with E-state index < -0.39 is 5.54 Å². The Bertz CT molecular complexity index is 762. The van der Waals surface area contributed by atoms with Crippen molar-refractivity contribution in [1.82, 2.24) is 5.32 Å². The third-order valence-electron chi connectivity index (χ3n) is 3.71. The lowest BCUT2D eigenvalue weighted by atomic mass is 9.94. The smallest absolute Gasteiger partial charge is 0.320 e. The van der Waals surface area contributed by atoms with E-state index in [4.69, 9.17) is 32.7 Å². The molecule has 0 saturated heterocycles. The van der Waals surface area contributed by atoms with Gasteiger partial charge in [0.15, 0.2) is 0 Å². The van der Waals surface area contributed by atoms with Gasteiger partial charge in [-0.05, 0) is 31.5 Å². The Labute approximate surface area is 157 Å². The van der Waals surface area contributed by atoms with E-state index in [1.807, 2.05) is 26.0 Å². The number of amides is 2. The molecule has 0 aliphatic carbocycles.